The SMILES string of the molecule is COC(=O)CN1CC2(COC2)c2cc(Br)ccc2C1=O. The second-order valence-electron chi connectivity index (χ2n) is 5.20. The number of rotatable bonds is 2. The molecule has 0 saturated carbocycles. The number of hydrogen-bond acceptors (Lipinski definition) is 4. The topological polar surface area (TPSA) is 55.8 Å². The number of amides is 1. The van der Waals surface area contributed by atoms with E-state index in [1.54, 1.807) is 11.0 Å². The molecule has 1 amide bonds. The lowest BCUT2D eigenvalue weighted by atomic mass is 9.73. The molecule has 0 aliphatic carbocycles. The minimum atomic E-state index is -0.408. The van der Waals surface area contributed by atoms with Crippen LogP contribution in [0, 0.1) is 0 Å². The number of esters is 1. The molecule has 1 saturated heterocycles. The second-order valence-corrected chi connectivity index (χ2v) is 6.12. The van der Waals surface area contributed by atoms with Crippen molar-refractivity contribution in [3.05, 3.63) is 33.8 Å². The summed E-state index contributed by atoms with van der Waals surface area (Å²) in [6, 6.07) is 5.61. The van der Waals surface area contributed by atoms with Gasteiger partial charge in [-0.15, -0.1) is 0 Å². The van der Waals surface area contributed by atoms with Gasteiger partial charge < -0.3 is 14.4 Å². The van der Waals surface area contributed by atoms with Crippen LogP contribution in [-0.2, 0) is 19.7 Å². The molecule has 1 spiro atoms. The lowest BCUT2D eigenvalue weighted by Gasteiger charge is -2.48. The number of nitrogens with zero attached hydrogens (tertiary/aromatic N) is 1. The zero-order valence-corrected chi connectivity index (χ0v) is 12.6. The molecule has 5 nitrogen and oxygen atoms in total. The Morgan fingerprint density at radius 2 is 2.25 bits per heavy atom. The molecule has 6 heteroatoms. The Bertz CT molecular complexity index is 583. The molecule has 20 heavy (non-hydrogen) atoms. The zero-order chi connectivity index (χ0) is 14.3. The molecular weight excluding hydrogens is 326 g/mol. The number of halogens is 1. The van der Waals surface area contributed by atoms with Gasteiger partial charge in [-0.1, -0.05) is 15.9 Å². The normalized spacial score (nSPS) is 19.5. The third kappa shape index (κ3) is 2.03. The molecule has 2 aliphatic rings. The molecule has 0 atom stereocenters. The maximum atomic E-state index is 12.5. The van der Waals surface area contributed by atoms with Gasteiger partial charge in [0.15, 0.2) is 0 Å². The minimum Gasteiger partial charge on any atom is -0.468 e. The summed E-state index contributed by atoms with van der Waals surface area (Å²) < 4.78 is 11.0. The Labute approximate surface area is 125 Å². The van der Waals surface area contributed by atoms with Crippen molar-refractivity contribution in [2.24, 2.45) is 0 Å². The van der Waals surface area contributed by atoms with E-state index < -0.39 is 5.97 Å². The summed E-state index contributed by atoms with van der Waals surface area (Å²) >= 11 is 3.44. The Kier molecular flexibility index (Phi) is 3.30. The standard InChI is InChI=1S/C14H14BrNO4/c1-19-12(17)5-16-6-14(7-20-8-14)11-4-9(15)2-3-10(11)13(16)18/h2-4H,5-8H2,1H3. The predicted octanol–water partition coefficient (Wildman–Crippen LogP) is 1.35. The Morgan fingerprint density at radius 1 is 1.50 bits per heavy atom. The van der Waals surface area contributed by atoms with Crippen molar-refractivity contribution in [3.8, 4) is 0 Å². The maximum absolute atomic E-state index is 12.5. The fourth-order valence-electron chi connectivity index (χ4n) is 2.78. The molecule has 0 radical (unpaired) electrons. The summed E-state index contributed by atoms with van der Waals surface area (Å²) in [7, 11) is 1.32. The second kappa shape index (κ2) is 4.86. The number of carbonyl (C=O) groups excluding carboxylic acids is 2. The summed E-state index contributed by atoms with van der Waals surface area (Å²) in [6.07, 6.45) is 0. The molecule has 0 unspecified atom stereocenters. The average Bonchev–Trinajstić information content (AvgIpc) is 2.39. The van der Waals surface area contributed by atoms with Gasteiger partial charge in [0.1, 0.15) is 6.54 Å². The Balaban J connectivity index is 2.00. The zero-order valence-electron chi connectivity index (χ0n) is 11.0. The van der Waals surface area contributed by atoms with E-state index in [2.05, 4.69) is 20.7 Å². The molecule has 1 fully saturated rings. The van der Waals surface area contributed by atoms with Crippen LogP contribution in [-0.4, -0.2) is 50.2 Å². The number of benzene rings is 1. The van der Waals surface area contributed by atoms with Gasteiger partial charge in [0.05, 0.1) is 25.7 Å². The first-order chi connectivity index (χ1) is 9.55. The van der Waals surface area contributed by atoms with E-state index in [1.165, 1.54) is 7.11 Å². The molecule has 1 aromatic rings. The van der Waals surface area contributed by atoms with Crippen LogP contribution in [0.15, 0.2) is 22.7 Å². The van der Waals surface area contributed by atoms with E-state index in [9.17, 15) is 9.59 Å². The van der Waals surface area contributed by atoms with Crippen molar-refractivity contribution in [1.29, 1.82) is 0 Å². The van der Waals surface area contributed by atoms with Gasteiger partial charge in [0.2, 0.25) is 0 Å². The van der Waals surface area contributed by atoms with E-state index >= 15 is 0 Å². The van der Waals surface area contributed by atoms with Crippen LogP contribution in [0.1, 0.15) is 15.9 Å². The highest BCUT2D eigenvalue weighted by Crippen LogP contribution is 2.40. The fourth-order valence-corrected chi connectivity index (χ4v) is 3.14. The average molecular weight is 340 g/mol. The molecule has 2 heterocycles. The van der Waals surface area contributed by atoms with Crippen LogP contribution in [0.25, 0.3) is 0 Å². The monoisotopic (exact) mass is 339 g/mol. The van der Waals surface area contributed by atoms with Gasteiger partial charge in [-0.3, -0.25) is 9.59 Å². The quantitative estimate of drug-likeness (QED) is 0.763. The summed E-state index contributed by atoms with van der Waals surface area (Å²) in [5.74, 6) is -0.537. The highest BCUT2D eigenvalue weighted by molar-refractivity contribution is 9.10. The smallest absolute Gasteiger partial charge is 0.325 e. The van der Waals surface area contributed by atoms with Crippen LogP contribution < -0.4 is 0 Å². The highest BCUT2D eigenvalue weighted by Gasteiger charge is 2.48. The minimum absolute atomic E-state index is 0.0212. The van der Waals surface area contributed by atoms with Gasteiger partial charge in [-0.2, -0.15) is 0 Å². The molecule has 0 aromatic heterocycles. The van der Waals surface area contributed by atoms with Crippen LogP contribution in [0.4, 0.5) is 0 Å². The number of methoxy groups -OCH3 is 1. The molecule has 2 aliphatic heterocycles. The molecule has 0 bridgehead atoms. The van der Waals surface area contributed by atoms with E-state index in [0.29, 0.717) is 25.3 Å². The Morgan fingerprint density at radius 3 is 2.85 bits per heavy atom. The van der Waals surface area contributed by atoms with Gasteiger partial charge in [0.25, 0.3) is 5.91 Å². The summed E-state index contributed by atoms with van der Waals surface area (Å²) in [5.41, 5.74) is 1.46. The number of fused-ring (bicyclic) bond motifs is 2. The first-order valence-corrected chi connectivity index (χ1v) is 7.09. The maximum Gasteiger partial charge on any atom is 0.325 e. The third-order valence-electron chi connectivity index (χ3n) is 3.87. The molecule has 0 N–H and O–H groups in total. The van der Waals surface area contributed by atoms with Crippen molar-refractivity contribution in [2.75, 3.05) is 33.4 Å². The molecular formula is C14H14BrNO4. The van der Waals surface area contributed by atoms with Crippen LogP contribution in [0.2, 0.25) is 0 Å². The first kappa shape index (κ1) is 13.6. The Hall–Kier alpha value is -1.40. The van der Waals surface area contributed by atoms with Crippen LogP contribution in [0.3, 0.4) is 0 Å². The van der Waals surface area contributed by atoms with Gasteiger partial charge in [0, 0.05) is 16.6 Å². The first-order valence-electron chi connectivity index (χ1n) is 6.30. The van der Waals surface area contributed by atoms with Crippen molar-refractivity contribution in [2.45, 2.75) is 5.41 Å². The summed E-state index contributed by atoms with van der Waals surface area (Å²) in [6.45, 7) is 1.61. The van der Waals surface area contributed by atoms with Crippen molar-refractivity contribution >= 4 is 27.8 Å². The number of ether oxygens (including phenoxy) is 2. The van der Waals surface area contributed by atoms with Gasteiger partial charge in [-0.25, -0.2) is 0 Å². The van der Waals surface area contributed by atoms with E-state index in [4.69, 9.17) is 4.74 Å². The van der Waals surface area contributed by atoms with Crippen molar-refractivity contribution in [1.82, 2.24) is 4.90 Å². The lowest BCUT2D eigenvalue weighted by Crippen LogP contribution is -2.60. The van der Waals surface area contributed by atoms with Gasteiger partial charge >= 0.3 is 5.97 Å². The predicted molar refractivity (Wildman–Crippen MR) is 74.6 cm³/mol. The molecule has 3 rings (SSSR count). The third-order valence-corrected chi connectivity index (χ3v) is 4.36. The fraction of sp³-hybridized carbons (Fsp3) is 0.429. The van der Waals surface area contributed by atoms with Crippen LogP contribution in [0.5, 0.6) is 0 Å². The lowest BCUT2D eigenvalue weighted by molar-refractivity contribution is -0.142. The summed E-state index contributed by atoms with van der Waals surface area (Å²) in [5, 5.41) is 0. The van der Waals surface area contributed by atoms with Crippen LogP contribution >= 0.6 is 15.9 Å². The molecule has 1 aromatic carbocycles. The number of carbonyl (C=O) groups is 2. The highest BCUT2D eigenvalue weighted by atomic mass is 79.9. The van der Waals surface area contributed by atoms with Crippen molar-refractivity contribution < 1.29 is 19.1 Å². The van der Waals surface area contributed by atoms with Gasteiger partial charge in [-0.05, 0) is 23.8 Å². The largest absolute Gasteiger partial charge is 0.468 e. The van der Waals surface area contributed by atoms with E-state index in [0.717, 1.165) is 10.0 Å². The summed E-state index contributed by atoms with van der Waals surface area (Å²) in [4.78, 5) is 25.5. The van der Waals surface area contributed by atoms with E-state index in [-0.39, 0.29) is 17.9 Å². The van der Waals surface area contributed by atoms with E-state index in [1.807, 2.05) is 12.1 Å². The molecule has 106 valence electrons. The van der Waals surface area contributed by atoms with Crippen molar-refractivity contribution in [3.63, 3.8) is 0 Å². The number of hydrogen-bond donors (Lipinski definition) is 0.